The molecule has 1 aliphatic rings. The number of hydrogen-bond donors (Lipinski definition) is 1. The molecule has 0 bridgehead atoms. The Kier molecular flexibility index (Phi) is 5.76. The van der Waals surface area contributed by atoms with E-state index in [1.54, 1.807) is 17.0 Å². The highest BCUT2D eigenvalue weighted by Gasteiger charge is 2.28. The highest BCUT2D eigenvalue weighted by molar-refractivity contribution is 7.89. The van der Waals surface area contributed by atoms with E-state index in [-0.39, 0.29) is 29.5 Å². The van der Waals surface area contributed by atoms with Crippen molar-refractivity contribution in [3.05, 3.63) is 52.2 Å². The fourth-order valence-electron chi connectivity index (χ4n) is 2.81. The molecule has 26 heavy (non-hydrogen) atoms. The van der Waals surface area contributed by atoms with Crippen LogP contribution < -0.4 is 4.72 Å². The third kappa shape index (κ3) is 4.32. The van der Waals surface area contributed by atoms with Crippen LogP contribution in [0.1, 0.15) is 29.1 Å². The van der Waals surface area contributed by atoms with Crippen LogP contribution in [0.3, 0.4) is 0 Å². The zero-order valence-electron chi connectivity index (χ0n) is 14.7. The van der Waals surface area contributed by atoms with Crippen molar-refractivity contribution >= 4 is 27.3 Å². The molecule has 1 aromatic carbocycles. The van der Waals surface area contributed by atoms with Gasteiger partial charge in [0.1, 0.15) is 0 Å². The first kappa shape index (κ1) is 19.0. The normalized spacial score (nSPS) is 20.9. The maximum Gasteiger partial charge on any atom is 0.254 e. The molecule has 2 heterocycles. The Morgan fingerprint density at radius 1 is 1.31 bits per heavy atom. The van der Waals surface area contributed by atoms with Crippen LogP contribution in [-0.4, -0.2) is 44.5 Å². The van der Waals surface area contributed by atoms with Gasteiger partial charge in [-0.2, -0.15) is 0 Å². The molecule has 0 radical (unpaired) electrons. The lowest BCUT2D eigenvalue weighted by atomic mass is 10.1. The molecule has 2 unspecified atom stereocenters. The monoisotopic (exact) mass is 394 g/mol. The van der Waals surface area contributed by atoms with Gasteiger partial charge in [-0.05, 0) is 43.5 Å². The lowest BCUT2D eigenvalue weighted by molar-refractivity contribution is -0.0387. The number of hydrogen-bond acceptors (Lipinski definition) is 5. The minimum absolute atomic E-state index is 0.0328. The number of nitrogens with one attached hydrogen (secondary N) is 1. The molecule has 2 aromatic rings. The third-order valence-corrected chi connectivity index (χ3v) is 6.55. The van der Waals surface area contributed by atoms with Gasteiger partial charge in [-0.1, -0.05) is 12.1 Å². The van der Waals surface area contributed by atoms with Gasteiger partial charge in [-0.25, -0.2) is 13.1 Å². The Bertz CT molecular complexity index is 865. The van der Waals surface area contributed by atoms with Crippen molar-refractivity contribution < 1.29 is 17.9 Å². The first-order valence-electron chi connectivity index (χ1n) is 8.41. The second kappa shape index (κ2) is 7.87. The molecule has 1 saturated heterocycles. The van der Waals surface area contributed by atoms with Crippen molar-refractivity contribution in [1.82, 2.24) is 9.62 Å². The predicted octanol–water partition coefficient (Wildman–Crippen LogP) is 2.48. The summed E-state index contributed by atoms with van der Waals surface area (Å²) in [4.78, 5) is 15.6. The number of benzene rings is 1. The summed E-state index contributed by atoms with van der Waals surface area (Å²) < 4.78 is 33.2. The second-order valence-corrected chi connectivity index (χ2v) is 9.18. The minimum atomic E-state index is -3.69. The topological polar surface area (TPSA) is 75.7 Å². The number of thiophene rings is 1. The van der Waals surface area contributed by atoms with Gasteiger partial charge in [-0.15, -0.1) is 11.3 Å². The number of rotatable bonds is 5. The van der Waals surface area contributed by atoms with Gasteiger partial charge >= 0.3 is 0 Å². The summed E-state index contributed by atoms with van der Waals surface area (Å²) >= 11 is 1.49. The molecule has 1 amide bonds. The van der Waals surface area contributed by atoms with Crippen LogP contribution in [0.5, 0.6) is 0 Å². The smallest absolute Gasteiger partial charge is 0.254 e. The molecule has 1 N–H and O–H groups in total. The lowest BCUT2D eigenvalue weighted by Gasteiger charge is -2.36. The van der Waals surface area contributed by atoms with E-state index >= 15 is 0 Å². The van der Waals surface area contributed by atoms with Crippen molar-refractivity contribution in [3.8, 4) is 0 Å². The molecule has 2 atom stereocenters. The summed E-state index contributed by atoms with van der Waals surface area (Å²) in [6.45, 7) is 5.05. The zero-order valence-corrected chi connectivity index (χ0v) is 16.3. The van der Waals surface area contributed by atoms with E-state index in [1.165, 1.54) is 23.5 Å². The Balaban J connectivity index is 1.77. The molecule has 0 spiro atoms. The van der Waals surface area contributed by atoms with Crippen molar-refractivity contribution in [1.29, 1.82) is 0 Å². The first-order chi connectivity index (χ1) is 12.4. The fourth-order valence-corrected chi connectivity index (χ4v) is 4.60. The fraction of sp³-hybridized carbons (Fsp3) is 0.389. The Hall–Kier alpha value is -1.74. The highest BCUT2D eigenvalue weighted by Crippen LogP contribution is 2.18. The minimum Gasteiger partial charge on any atom is -0.375 e. The molecule has 1 fully saturated rings. The molecular weight excluding hydrogens is 372 g/mol. The summed E-state index contributed by atoms with van der Waals surface area (Å²) in [6.07, 6.45) is -0.0328. The van der Waals surface area contributed by atoms with E-state index in [1.807, 2.05) is 31.4 Å². The van der Waals surface area contributed by atoms with Crippen molar-refractivity contribution in [3.63, 3.8) is 0 Å². The molecule has 3 rings (SSSR count). The number of ether oxygens (including phenoxy) is 1. The van der Waals surface area contributed by atoms with Crippen LogP contribution in [0, 0.1) is 0 Å². The second-order valence-electron chi connectivity index (χ2n) is 6.38. The largest absolute Gasteiger partial charge is 0.375 e. The third-order valence-electron chi connectivity index (χ3n) is 4.28. The summed E-state index contributed by atoms with van der Waals surface area (Å²) in [7, 11) is -3.69. The van der Waals surface area contributed by atoms with E-state index in [0.29, 0.717) is 18.7 Å². The number of carbonyl (C=O) groups excluding carboxylic acids is 1. The van der Waals surface area contributed by atoms with Crippen LogP contribution in [0.2, 0.25) is 0 Å². The van der Waals surface area contributed by atoms with E-state index in [9.17, 15) is 13.2 Å². The number of carbonyl (C=O) groups is 1. The average molecular weight is 395 g/mol. The van der Waals surface area contributed by atoms with E-state index < -0.39 is 10.0 Å². The summed E-state index contributed by atoms with van der Waals surface area (Å²) in [5.41, 5.74) is 0.366. The van der Waals surface area contributed by atoms with Gasteiger partial charge in [0.05, 0.1) is 23.6 Å². The first-order valence-corrected chi connectivity index (χ1v) is 10.8. The van der Waals surface area contributed by atoms with Crippen molar-refractivity contribution in [2.45, 2.75) is 37.4 Å². The SMILES string of the molecule is CC1CN(C(=O)c2cccc(S(=O)(=O)NCc3cccs3)c2)C(C)CO1. The molecule has 6 nitrogen and oxygen atoms in total. The highest BCUT2D eigenvalue weighted by atomic mass is 32.2. The predicted molar refractivity (Wildman–Crippen MR) is 101 cm³/mol. The van der Waals surface area contributed by atoms with Crippen LogP contribution in [0.4, 0.5) is 0 Å². The number of morpholine rings is 1. The van der Waals surface area contributed by atoms with Crippen molar-refractivity contribution in [2.24, 2.45) is 0 Å². The number of amides is 1. The van der Waals surface area contributed by atoms with Gasteiger partial charge in [0.25, 0.3) is 5.91 Å². The summed E-state index contributed by atoms with van der Waals surface area (Å²) in [5, 5.41) is 1.90. The van der Waals surface area contributed by atoms with Gasteiger partial charge < -0.3 is 9.64 Å². The summed E-state index contributed by atoms with van der Waals surface area (Å²) in [6, 6.07) is 9.88. The number of nitrogens with zero attached hydrogens (tertiary/aromatic N) is 1. The molecular formula is C18H22N2O4S2. The van der Waals surface area contributed by atoms with Crippen LogP contribution in [-0.2, 0) is 21.3 Å². The molecule has 1 aromatic heterocycles. The van der Waals surface area contributed by atoms with Gasteiger partial charge in [0.15, 0.2) is 0 Å². The standard InChI is InChI=1S/C18H22N2O4S2/c1-13-12-24-14(2)11-20(13)18(21)15-5-3-7-17(9-15)26(22,23)19-10-16-6-4-8-25-16/h3-9,13-14,19H,10-12H2,1-2H3. The van der Waals surface area contributed by atoms with E-state index in [0.717, 1.165) is 4.88 Å². The molecule has 1 aliphatic heterocycles. The summed E-state index contributed by atoms with van der Waals surface area (Å²) in [5.74, 6) is -0.178. The lowest BCUT2D eigenvalue weighted by Crippen LogP contribution is -2.50. The van der Waals surface area contributed by atoms with E-state index in [4.69, 9.17) is 4.74 Å². The Morgan fingerprint density at radius 2 is 2.12 bits per heavy atom. The van der Waals surface area contributed by atoms with E-state index in [2.05, 4.69) is 4.72 Å². The number of sulfonamides is 1. The molecule has 0 saturated carbocycles. The Morgan fingerprint density at radius 3 is 2.85 bits per heavy atom. The quantitative estimate of drug-likeness (QED) is 0.845. The van der Waals surface area contributed by atoms with Crippen LogP contribution in [0.15, 0.2) is 46.7 Å². The maximum absolute atomic E-state index is 12.8. The van der Waals surface area contributed by atoms with Gasteiger partial charge in [0, 0.05) is 23.5 Å². The molecule has 8 heteroatoms. The van der Waals surface area contributed by atoms with Crippen LogP contribution in [0.25, 0.3) is 0 Å². The van der Waals surface area contributed by atoms with Crippen molar-refractivity contribution in [2.75, 3.05) is 13.2 Å². The molecule has 0 aliphatic carbocycles. The molecule has 140 valence electrons. The average Bonchev–Trinajstić information content (AvgIpc) is 3.15. The van der Waals surface area contributed by atoms with Crippen LogP contribution >= 0.6 is 11.3 Å². The van der Waals surface area contributed by atoms with Gasteiger partial charge in [-0.3, -0.25) is 4.79 Å². The Labute approximate surface area is 157 Å². The van der Waals surface area contributed by atoms with Gasteiger partial charge in [0.2, 0.25) is 10.0 Å². The maximum atomic E-state index is 12.8. The zero-order chi connectivity index (χ0) is 18.7.